The number of rotatable bonds is 4. The van der Waals surface area contributed by atoms with Crippen molar-refractivity contribution in [2.75, 3.05) is 5.32 Å². The summed E-state index contributed by atoms with van der Waals surface area (Å²) in [5.41, 5.74) is 0.897. The van der Waals surface area contributed by atoms with E-state index in [0.29, 0.717) is 18.4 Å². The van der Waals surface area contributed by atoms with Crippen LogP contribution in [0.15, 0.2) is 42.7 Å². The van der Waals surface area contributed by atoms with E-state index in [-0.39, 0.29) is 11.1 Å². The van der Waals surface area contributed by atoms with E-state index in [1.807, 2.05) is 0 Å². The van der Waals surface area contributed by atoms with Gasteiger partial charge >= 0.3 is 0 Å². The molecular formula is C13H10ClFN6. The van der Waals surface area contributed by atoms with Crippen molar-refractivity contribution in [3.05, 3.63) is 59.4 Å². The van der Waals surface area contributed by atoms with Crippen LogP contribution < -0.4 is 5.32 Å². The van der Waals surface area contributed by atoms with Crippen molar-refractivity contribution in [2.45, 2.75) is 6.54 Å². The molecule has 0 aliphatic rings. The topological polar surface area (TPSA) is 68.5 Å². The molecule has 0 saturated carbocycles. The van der Waals surface area contributed by atoms with E-state index in [0.717, 1.165) is 5.56 Å². The molecule has 2 aromatic heterocycles. The second-order valence-corrected chi connectivity index (χ2v) is 4.50. The Labute approximate surface area is 124 Å². The Bertz CT molecular complexity index is 729. The van der Waals surface area contributed by atoms with Gasteiger partial charge in [0.05, 0.1) is 0 Å². The Kier molecular flexibility index (Phi) is 3.74. The maximum atomic E-state index is 12.8. The second kappa shape index (κ2) is 5.84. The van der Waals surface area contributed by atoms with Crippen LogP contribution >= 0.6 is 11.6 Å². The van der Waals surface area contributed by atoms with Crippen molar-refractivity contribution in [1.29, 1.82) is 0 Å². The lowest BCUT2D eigenvalue weighted by atomic mass is 10.2. The van der Waals surface area contributed by atoms with Crippen molar-refractivity contribution in [2.24, 2.45) is 0 Å². The molecule has 0 bridgehead atoms. The summed E-state index contributed by atoms with van der Waals surface area (Å²) in [5, 5.41) is 7.11. The molecule has 0 amide bonds. The van der Waals surface area contributed by atoms with Gasteiger partial charge in [0.1, 0.15) is 5.82 Å². The fraction of sp³-hybridized carbons (Fsp3) is 0.0769. The molecule has 21 heavy (non-hydrogen) atoms. The van der Waals surface area contributed by atoms with Gasteiger partial charge < -0.3 is 5.32 Å². The Balaban J connectivity index is 1.78. The number of nitrogens with zero attached hydrogens (tertiary/aromatic N) is 5. The fourth-order valence-electron chi connectivity index (χ4n) is 1.69. The van der Waals surface area contributed by atoms with Crippen molar-refractivity contribution >= 4 is 17.5 Å². The van der Waals surface area contributed by atoms with Crippen LogP contribution in [-0.2, 0) is 6.54 Å². The van der Waals surface area contributed by atoms with Gasteiger partial charge in [-0.2, -0.15) is 20.1 Å². The molecule has 0 atom stereocenters. The Hall–Kier alpha value is -2.54. The summed E-state index contributed by atoms with van der Waals surface area (Å²) in [4.78, 5) is 12.2. The summed E-state index contributed by atoms with van der Waals surface area (Å²) in [7, 11) is 0. The van der Waals surface area contributed by atoms with Crippen molar-refractivity contribution in [3.63, 3.8) is 0 Å². The van der Waals surface area contributed by atoms with Crippen LogP contribution in [0.4, 0.5) is 10.3 Å². The largest absolute Gasteiger partial charge is 0.350 e. The lowest BCUT2D eigenvalue weighted by molar-refractivity contribution is 0.627. The van der Waals surface area contributed by atoms with Crippen LogP contribution in [0.5, 0.6) is 0 Å². The van der Waals surface area contributed by atoms with Crippen molar-refractivity contribution < 1.29 is 4.39 Å². The number of hydrogen-bond acceptors (Lipinski definition) is 5. The zero-order valence-electron chi connectivity index (χ0n) is 10.7. The minimum absolute atomic E-state index is 0.0668. The highest BCUT2D eigenvalue weighted by atomic mass is 35.5. The van der Waals surface area contributed by atoms with E-state index in [9.17, 15) is 4.39 Å². The van der Waals surface area contributed by atoms with Crippen LogP contribution in [0, 0.1) is 5.82 Å². The minimum atomic E-state index is -0.275. The van der Waals surface area contributed by atoms with Crippen LogP contribution in [0.25, 0.3) is 5.95 Å². The molecule has 6 nitrogen and oxygen atoms in total. The summed E-state index contributed by atoms with van der Waals surface area (Å²) in [6.45, 7) is 0.444. The van der Waals surface area contributed by atoms with Crippen LogP contribution in [0.1, 0.15) is 5.56 Å². The molecule has 106 valence electrons. The quantitative estimate of drug-likeness (QED) is 0.802. The number of halogens is 2. The molecule has 3 rings (SSSR count). The lowest BCUT2D eigenvalue weighted by Crippen LogP contribution is -2.09. The predicted octanol–water partition coefficient (Wildman–Crippen LogP) is 2.46. The molecule has 0 spiro atoms. The SMILES string of the molecule is Fc1ccc(CNc2nc(Cl)nc(-n3cccn3)n2)cc1. The fourth-order valence-corrected chi connectivity index (χ4v) is 1.85. The summed E-state index contributed by atoms with van der Waals surface area (Å²) < 4.78 is 14.3. The first-order chi connectivity index (χ1) is 10.2. The minimum Gasteiger partial charge on any atom is -0.350 e. The molecule has 3 aromatic rings. The zero-order chi connectivity index (χ0) is 14.7. The molecule has 0 unspecified atom stereocenters. The highest BCUT2D eigenvalue weighted by Gasteiger charge is 2.07. The molecule has 1 aromatic carbocycles. The summed E-state index contributed by atoms with van der Waals surface area (Å²) >= 11 is 5.88. The van der Waals surface area contributed by atoms with Crippen molar-refractivity contribution in [1.82, 2.24) is 24.7 Å². The van der Waals surface area contributed by atoms with Gasteiger partial charge in [-0.15, -0.1) is 0 Å². The van der Waals surface area contributed by atoms with Gasteiger partial charge in [-0.05, 0) is 35.4 Å². The Morgan fingerprint density at radius 1 is 1.14 bits per heavy atom. The number of aromatic nitrogens is 5. The molecule has 0 saturated heterocycles. The summed E-state index contributed by atoms with van der Waals surface area (Å²) in [6, 6.07) is 7.90. The monoisotopic (exact) mass is 304 g/mol. The molecule has 8 heteroatoms. The molecule has 0 fully saturated rings. The van der Waals surface area contributed by atoms with Gasteiger partial charge in [0.15, 0.2) is 0 Å². The van der Waals surface area contributed by atoms with E-state index in [1.54, 1.807) is 30.6 Å². The number of hydrogen-bond donors (Lipinski definition) is 1. The van der Waals surface area contributed by atoms with E-state index in [4.69, 9.17) is 11.6 Å². The van der Waals surface area contributed by atoms with Gasteiger partial charge in [-0.25, -0.2) is 9.07 Å². The second-order valence-electron chi connectivity index (χ2n) is 4.16. The van der Waals surface area contributed by atoms with Gasteiger partial charge in [-0.3, -0.25) is 0 Å². The highest BCUT2D eigenvalue weighted by Crippen LogP contribution is 2.10. The maximum Gasteiger partial charge on any atom is 0.256 e. The standard InChI is InChI=1S/C13H10ClFN6/c14-11-18-12(16-8-9-2-4-10(15)5-3-9)20-13(19-11)21-7-1-6-17-21/h1-7H,8H2,(H,16,18,19,20). The molecular weight excluding hydrogens is 295 g/mol. The maximum absolute atomic E-state index is 12.8. The first-order valence-electron chi connectivity index (χ1n) is 6.10. The average Bonchev–Trinajstić information content (AvgIpc) is 3.00. The molecule has 0 aliphatic carbocycles. The van der Waals surface area contributed by atoms with E-state index < -0.39 is 0 Å². The normalized spacial score (nSPS) is 10.6. The predicted molar refractivity (Wildman–Crippen MR) is 75.7 cm³/mol. The first kappa shape index (κ1) is 13.4. The highest BCUT2D eigenvalue weighted by molar-refractivity contribution is 6.28. The smallest absolute Gasteiger partial charge is 0.256 e. The zero-order valence-corrected chi connectivity index (χ0v) is 11.5. The third-order valence-electron chi connectivity index (χ3n) is 2.67. The van der Waals surface area contributed by atoms with E-state index >= 15 is 0 Å². The van der Waals surface area contributed by atoms with Gasteiger partial charge in [0, 0.05) is 18.9 Å². The lowest BCUT2D eigenvalue weighted by Gasteiger charge is -2.07. The van der Waals surface area contributed by atoms with Crippen LogP contribution in [0.3, 0.4) is 0 Å². The molecule has 0 radical (unpaired) electrons. The number of anilines is 1. The third kappa shape index (κ3) is 3.32. The summed E-state index contributed by atoms with van der Waals surface area (Å²) in [6.07, 6.45) is 3.32. The molecule has 0 aliphatic heterocycles. The number of nitrogens with one attached hydrogen (secondary N) is 1. The van der Waals surface area contributed by atoms with E-state index in [2.05, 4.69) is 25.4 Å². The summed E-state index contributed by atoms with van der Waals surface area (Å²) in [5.74, 6) is 0.370. The van der Waals surface area contributed by atoms with Crippen molar-refractivity contribution in [3.8, 4) is 5.95 Å². The average molecular weight is 305 g/mol. The van der Waals surface area contributed by atoms with E-state index in [1.165, 1.54) is 16.8 Å². The Morgan fingerprint density at radius 2 is 1.95 bits per heavy atom. The molecule has 2 heterocycles. The Morgan fingerprint density at radius 3 is 2.67 bits per heavy atom. The van der Waals surface area contributed by atoms with Gasteiger partial charge in [0.2, 0.25) is 11.2 Å². The van der Waals surface area contributed by atoms with Crippen LogP contribution in [-0.4, -0.2) is 24.7 Å². The van der Waals surface area contributed by atoms with Crippen LogP contribution in [0.2, 0.25) is 5.28 Å². The van der Waals surface area contributed by atoms with Gasteiger partial charge in [0.25, 0.3) is 5.95 Å². The molecule has 1 N–H and O–H groups in total. The number of benzene rings is 1. The third-order valence-corrected chi connectivity index (χ3v) is 2.84. The van der Waals surface area contributed by atoms with Gasteiger partial charge in [-0.1, -0.05) is 12.1 Å². The first-order valence-corrected chi connectivity index (χ1v) is 6.48.